The number of aliphatic carboxylic acids is 1. The first-order valence-corrected chi connectivity index (χ1v) is 8.28. The molecule has 1 aromatic carbocycles. The second-order valence-corrected chi connectivity index (χ2v) is 6.95. The van der Waals surface area contributed by atoms with Crippen molar-refractivity contribution in [3.63, 3.8) is 0 Å². The van der Waals surface area contributed by atoms with Crippen LogP contribution >= 0.6 is 11.6 Å². The van der Waals surface area contributed by atoms with Gasteiger partial charge in [-0.3, -0.25) is 4.79 Å². The average Bonchev–Trinajstić information content (AvgIpc) is 2.36. The van der Waals surface area contributed by atoms with E-state index >= 15 is 0 Å². The molecule has 0 aliphatic carbocycles. The molecule has 0 aliphatic rings. The third-order valence-corrected chi connectivity index (χ3v) is 4.77. The van der Waals surface area contributed by atoms with E-state index in [2.05, 4.69) is 0 Å². The number of hydrogen-bond donors (Lipinski definition) is 1. The lowest BCUT2D eigenvalue weighted by Crippen LogP contribution is -2.38. The van der Waals surface area contributed by atoms with E-state index in [1.807, 2.05) is 0 Å². The van der Waals surface area contributed by atoms with E-state index < -0.39 is 22.5 Å². The van der Waals surface area contributed by atoms with Crippen molar-refractivity contribution in [3.8, 4) is 0 Å². The molecule has 112 valence electrons. The molecule has 1 N–H and O–H groups in total. The van der Waals surface area contributed by atoms with Gasteiger partial charge in [-0.25, -0.2) is 8.42 Å². The lowest BCUT2D eigenvalue weighted by molar-refractivity contribution is -0.137. The average molecular weight is 320 g/mol. The highest BCUT2D eigenvalue weighted by Gasteiger charge is 2.23. The monoisotopic (exact) mass is 319 g/mol. The molecule has 5 nitrogen and oxygen atoms in total. The number of nitrogens with zero attached hydrogens (tertiary/aromatic N) is 1. The number of aryl methyl sites for hydroxylation is 1. The van der Waals surface area contributed by atoms with E-state index in [9.17, 15) is 13.2 Å². The van der Waals surface area contributed by atoms with E-state index in [-0.39, 0.29) is 12.3 Å². The van der Waals surface area contributed by atoms with Crippen molar-refractivity contribution in [1.29, 1.82) is 0 Å². The molecule has 1 rings (SSSR count). The Hall–Kier alpha value is -1.11. The Bertz CT molecular complexity index is 559. The highest BCUT2D eigenvalue weighted by atomic mass is 35.5. The van der Waals surface area contributed by atoms with Crippen molar-refractivity contribution in [2.45, 2.75) is 19.8 Å². The molecule has 0 atom stereocenters. The zero-order chi connectivity index (χ0) is 15.2. The predicted octanol–water partition coefficient (Wildman–Crippen LogP) is 2.01. The first-order chi connectivity index (χ1) is 9.35. The molecule has 0 saturated carbocycles. The summed E-state index contributed by atoms with van der Waals surface area (Å²) in [7, 11) is -3.58. The van der Waals surface area contributed by atoms with E-state index in [0.29, 0.717) is 17.9 Å². The number of rotatable bonds is 8. The van der Waals surface area contributed by atoms with Crippen molar-refractivity contribution < 1.29 is 18.3 Å². The second-order valence-electron chi connectivity index (χ2n) is 4.42. The van der Waals surface area contributed by atoms with Crippen LogP contribution in [0.15, 0.2) is 24.3 Å². The van der Waals surface area contributed by atoms with Gasteiger partial charge in [0, 0.05) is 11.6 Å². The molecule has 0 bridgehead atoms. The maximum atomic E-state index is 12.1. The summed E-state index contributed by atoms with van der Waals surface area (Å²) in [4.78, 5) is 10.7. The number of hydrogen-bond acceptors (Lipinski definition) is 3. The number of benzene rings is 1. The number of carboxylic acids is 1. The summed E-state index contributed by atoms with van der Waals surface area (Å²) < 4.78 is 25.3. The smallest absolute Gasteiger partial charge is 0.318 e. The van der Waals surface area contributed by atoms with Gasteiger partial charge in [0.2, 0.25) is 10.0 Å². The molecule has 7 heteroatoms. The summed E-state index contributed by atoms with van der Waals surface area (Å²) in [5.41, 5.74) is 0.813. The second kappa shape index (κ2) is 7.61. The van der Waals surface area contributed by atoms with Crippen LogP contribution in [0.25, 0.3) is 0 Å². The summed E-state index contributed by atoms with van der Waals surface area (Å²) in [6.07, 6.45) is 0.881. The lowest BCUT2D eigenvalue weighted by atomic mass is 10.2. The molecule has 0 heterocycles. The molecule has 0 unspecified atom stereocenters. The number of sulfonamides is 1. The molecular weight excluding hydrogens is 302 g/mol. The summed E-state index contributed by atoms with van der Waals surface area (Å²) in [6.45, 7) is 1.53. The topological polar surface area (TPSA) is 74.7 Å². The quantitative estimate of drug-likeness (QED) is 0.795. The molecule has 0 aliphatic heterocycles. The van der Waals surface area contributed by atoms with E-state index in [4.69, 9.17) is 16.7 Å². The first-order valence-electron chi connectivity index (χ1n) is 6.29. The zero-order valence-electron chi connectivity index (χ0n) is 11.3. The fourth-order valence-electron chi connectivity index (χ4n) is 1.79. The first kappa shape index (κ1) is 16.9. The largest absolute Gasteiger partial charge is 0.480 e. The Morgan fingerprint density at radius 2 is 2.10 bits per heavy atom. The number of halogens is 1. The SMILES string of the molecule is CCCN(CC(=O)O)S(=O)(=O)CCc1cccc(Cl)c1. The van der Waals surface area contributed by atoms with E-state index in [1.54, 1.807) is 31.2 Å². The number of carboxylic acid groups (broad SMARTS) is 1. The fourth-order valence-corrected chi connectivity index (χ4v) is 3.52. The van der Waals surface area contributed by atoms with Gasteiger partial charge in [0.1, 0.15) is 6.54 Å². The van der Waals surface area contributed by atoms with Crippen molar-refractivity contribution in [2.24, 2.45) is 0 Å². The van der Waals surface area contributed by atoms with Crippen LogP contribution in [0.4, 0.5) is 0 Å². The van der Waals surface area contributed by atoms with Crippen LogP contribution in [-0.4, -0.2) is 42.6 Å². The summed E-state index contributed by atoms with van der Waals surface area (Å²) in [5.74, 6) is -1.27. The summed E-state index contributed by atoms with van der Waals surface area (Å²) in [6, 6.07) is 6.97. The Kier molecular flexibility index (Phi) is 6.45. The standard InChI is InChI=1S/C13H18ClNO4S/c1-2-7-15(10-13(16)17)20(18,19)8-6-11-4-3-5-12(14)9-11/h3-5,9H,2,6-8,10H2,1H3,(H,16,17). The molecule has 1 aromatic rings. The lowest BCUT2D eigenvalue weighted by Gasteiger charge is -2.19. The van der Waals surface area contributed by atoms with Crippen molar-refractivity contribution >= 4 is 27.6 Å². The van der Waals surface area contributed by atoms with Gasteiger partial charge >= 0.3 is 5.97 Å². The molecular formula is C13H18ClNO4S. The Morgan fingerprint density at radius 1 is 1.40 bits per heavy atom. The van der Waals surface area contributed by atoms with Gasteiger partial charge in [-0.1, -0.05) is 30.7 Å². The van der Waals surface area contributed by atoms with E-state index in [0.717, 1.165) is 9.87 Å². The predicted molar refractivity (Wildman–Crippen MR) is 78.4 cm³/mol. The third kappa shape index (κ3) is 5.48. The van der Waals surface area contributed by atoms with Crippen LogP contribution in [0.1, 0.15) is 18.9 Å². The highest BCUT2D eigenvalue weighted by Crippen LogP contribution is 2.13. The van der Waals surface area contributed by atoms with Crippen LogP contribution < -0.4 is 0 Å². The fraction of sp³-hybridized carbons (Fsp3) is 0.462. The zero-order valence-corrected chi connectivity index (χ0v) is 12.8. The molecule has 0 spiro atoms. The van der Waals surface area contributed by atoms with Crippen molar-refractivity contribution in [2.75, 3.05) is 18.8 Å². The molecule has 0 aromatic heterocycles. The van der Waals surface area contributed by atoms with E-state index in [1.165, 1.54) is 0 Å². The van der Waals surface area contributed by atoms with Gasteiger partial charge in [0.25, 0.3) is 0 Å². The van der Waals surface area contributed by atoms with Crippen LogP contribution in [-0.2, 0) is 21.2 Å². The molecule has 0 saturated heterocycles. The van der Waals surface area contributed by atoms with Gasteiger partial charge < -0.3 is 5.11 Å². The Morgan fingerprint density at radius 3 is 2.65 bits per heavy atom. The minimum absolute atomic E-state index is 0.124. The minimum Gasteiger partial charge on any atom is -0.480 e. The Balaban J connectivity index is 2.73. The van der Waals surface area contributed by atoms with Crippen LogP contribution in [0.5, 0.6) is 0 Å². The molecule has 20 heavy (non-hydrogen) atoms. The normalized spacial score (nSPS) is 11.8. The maximum absolute atomic E-state index is 12.1. The van der Waals surface area contributed by atoms with Gasteiger partial charge in [0.15, 0.2) is 0 Å². The van der Waals surface area contributed by atoms with Gasteiger partial charge in [-0.15, -0.1) is 0 Å². The maximum Gasteiger partial charge on any atom is 0.318 e. The molecule has 0 fully saturated rings. The molecule has 0 radical (unpaired) electrons. The summed E-state index contributed by atoms with van der Waals surface area (Å²) >= 11 is 5.84. The summed E-state index contributed by atoms with van der Waals surface area (Å²) in [5, 5.41) is 9.32. The van der Waals surface area contributed by atoms with Gasteiger partial charge in [0.05, 0.1) is 5.75 Å². The van der Waals surface area contributed by atoms with Gasteiger partial charge in [-0.05, 0) is 30.5 Å². The van der Waals surface area contributed by atoms with Crippen LogP contribution in [0.2, 0.25) is 5.02 Å². The highest BCUT2D eigenvalue weighted by molar-refractivity contribution is 7.89. The molecule has 0 amide bonds. The number of carbonyl (C=O) groups is 1. The van der Waals surface area contributed by atoms with Crippen molar-refractivity contribution in [1.82, 2.24) is 4.31 Å². The minimum atomic E-state index is -3.58. The van der Waals surface area contributed by atoms with Crippen LogP contribution in [0, 0.1) is 0 Å². The van der Waals surface area contributed by atoms with Crippen LogP contribution in [0.3, 0.4) is 0 Å². The third-order valence-electron chi connectivity index (χ3n) is 2.72. The van der Waals surface area contributed by atoms with Crippen molar-refractivity contribution in [3.05, 3.63) is 34.9 Å². The Labute approximate surface area is 124 Å². The van der Waals surface area contributed by atoms with Gasteiger partial charge in [-0.2, -0.15) is 4.31 Å².